The zero-order valence-electron chi connectivity index (χ0n) is 7.43. The summed E-state index contributed by atoms with van der Waals surface area (Å²) in [6, 6.07) is 0. The fourth-order valence-corrected chi connectivity index (χ4v) is 1.10. The number of hydrogen-bond donors (Lipinski definition) is 0. The third-order valence-corrected chi connectivity index (χ3v) is 1.72. The standard InChI is InChI=1S/C9H18.Y/c1-4-7-9(6-3)8-5-2;/h4-5,9H,6-8H2,1-3H3;/q-2;. The van der Waals surface area contributed by atoms with Gasteiger partial charge in [-0.2, -0.15) is 26.7 Å². The van der Waals surface area contributed by atoms with Gasteiger partial charge in [-0.15, -0.1) is 0 Å². The molecule has 0 rings (SSSR count). The first-order valence-corrected chi connectivity index (χ1v) is 3.90. The summed E-state index contributed by atoms with van der Waals surface area (Å²) < 4.78 is 0. The van der Waals surface area contributed by atoms with Crippen LogP contribution in [0.15, 0.2) is 0 Å². The summed E-state index contributed by atoms with van der Waals surface area (Å²) in [5.74, 6) is 0.903. The Labute approximate surface area is 91.0 Å². The molecular weight excluding hydrogens is 197 g/mol. The average Bonchev–Trinajstić information content (AvgIpc) is 1.88. The molecule has 0 aliphatic carbocycles. The maximum absolute atomic E-state index is 2.26. The van der Waals surface area contributed by atoms with Gasteiger partial charge in [-0.3, -0.25) is 0 Å². The fraction of sp³-hybridized carbons (Fsp3) is 0.778. The molecule has 0 saturated heterocycles. The second-order valence-electron chi connectivity index (χ2n) is 2.56. The molecule has 0 aromatic carbocycles. The van der Waals surface area contributed by atoms with Gasteiger partial charge < -0.3 is 12.8 Å². The Morgan fingerprint density at radius 3 is 1.70 bits per heavy atom. The van der Waals surface area contributed by atoms with Gasteiger partial charge in [0.2, 0.25) is 0 Å². The van der Waals surface area contributed by atoms with Crippen LogP contribution in [0.25, 0.3) is 0 Å². The first kappa shape index (κ1) is 13.7. The Balaban J connectivity index is 0. The predicted molar refractivity (Wildman–Crippen MR) is 43.0 cm³/mol. The van der Waals surface area contributed by atoms with Gasteiger partial charge in [0, 0.05) is 32.7 Å². The van der Waals surface area contributed by atoms with E-state index in [4.69, 9.17) is 0 Å². The summed E-state index contributed by atoms with van der Waals surface area (Å²) in [7, 11) is 0. The van der Waals surface area contributed by atoms with Gasteiger partial charge in [-0.1, -0.05) is 19.3 Å². The van der Waals surface area contributed by atoms with Gasteiger partial charge in [0.1, 0.15) is 0 Å². The van der Waals surface area contributed by atoms with E-state index in [0.717, 1.165) is 5.92 Å². The molecule has 0 N–H and O–H groups in total. The maximum atomic E-state index is 2.26. The van der Waals surface area contributed by atoms with Crippen LogP contribution in [-0.2, 0) is 32.7 Å². The zero-order chi connectivity index (χ0) is 7.11. The molecule has 0 aliphatic heterocycles. The quantitative estimate of drug-likeness (QED) is 0.617. The van der Waals surface area contributed by atoms with Crippen molar-refractivity contribution in [2.75, 3.05) is 0 Å². The summed E-state index contributed by atoms with van der Waals surface area (Å²) in [4.78, 5) is 0. The molecule has 0 amide bonds. The van der Waals surface area contributed by atoms with Crippen LogP contribution in [0.2, 0.25) is 0 Å². The van der Waals surface area contributed by atoms with E-state index in [1.54, 1.807) is 0 Å². The smallest absolute Gasteiger partial charge is 0 e. The summed E-state index contributed by atoms with van der Waals surface area (Å²) in [5.41, 5.74) is 0. The van der Waals surface area contributed by atoms with Crippen LogP contribution in [0, 0.1) is 18.8 Å². The van der Waals surface area contributed by atoms with Crippen LogP contribution in [0.3, 0.4) is 0 Å². The molecular formula is C9H18Y-2. The molecule has 0 aromatic heterocycles. The molecule has 0 fully saturated rings. The van der Waals surface area contributed by atoms with Crippen molar-refractivity contribution >= 4 is 0 Å². The minimum atomic E-state index is 0. The van der Waals surface area contributed by atoms with Gasteiger partial charge in [0.25, 0.3) is 0 Å². The van der Waals surface area contributed by atoms with E-state index in [1.807, 2.05) is 0 Å². The first-order chi connectivity index (χ1) is 4.35. The van der Waals surface area contributed by atoms with Gasteiger partial charge in [-0.25, -0.2) is 0 Å². The van der Waals surface area contributed by atoms with Crippen molar-refractivity contribution in [3.63, 3.8) is 0 Å². The number of rotatable bonds is 5. The van der Waals surface area contributed by atoms with Crippen LogP contribution in [0.5, 0.6) is 0 Å². The summed E-state index contributed by atoms with van der Waals surface area (Å²) in [6.07, 6.45) is 8.39. The molecule has 0 spiro atoms. The van der Waals surface area contributed by atoms with Gasteiger partial charge in [0.15, 0.2) is 0 Å². The maximum Gasteiger partial charge on any atom is 0 e. The molecule has 0 aliphatic rings. The van der Waals surface area contributed by atoms with E-state index in [9.17, 15) is 0 Å². The Morgan fingerprint density at radius 1 is 1.10 bits per heavy atom. The minimum Gasteiger partial charge on any atom is -0.331 e. The second-order valence-corrected chi connectivity index (χ2v) is 2.56. The number of hydrogen-bond acceptors (Lipinski definition) is 0. The minimum absolute atomic E-state index is 0. The largest absolute Gasteiger partial charge is 0.331 e. The van der Waals surface area contributed by atoms with E-state index < -0.39 is 0 Å². The molecule has 0 atom stereocenters. The zero-order valence-corrected chi connectivity index (χ0v) is 10.3. The normalized spacial score (nSPS) is 9.60. The molecule has 59 valence electrons. The molecule has 10 heavy (non-hydrogen) atoms. The van der Waals surface area contributed by atoms with Gasteiger partial charge >= 0.3 is 0 Å². The van der Waals surface area contributed by atoms with Crippen molar-refractivity contribution in [2.45, 2.75) is 40.0 Å². The van der Waals surface area contributed by atoms with Crippen molar-refractivity contribution in [3.8, 4) is 0 Å². The summed E-state index contributed by atoms with van der Waals surface area (Å²) >= 11 is 0. The molecule has 1 radical (unpaired) electrons. The monoisotopic (exact) mass is 215 g/mol. The van der Waals surface area contributed by atoms with Crippen molar-refractivity contribution in [1.29, 1.82) is 0 Å². The van der Waals surface area contributed by atoms with Crippen LogP contribution >= 0.6 is 0 Å². The Bertz CT molecular complexity index is 46.7. The van der Waals surface area contributed by atoms with Crippen molar-refractivity contribution < 1.29 is 32.7 Å². The van der Waals surface area contributed by atoms with E-state index in [2.05, 4.69) is 33.6 Å². The van der Waals surface area contributed by atoms with E-state index in [0.29, 0.717) is 0 Å². The molecule has 0 unspecified atom stereocenters. The Morgan fingerprint density at radius 2 is 1.50 bits per heavy atom. The Kier molecular flexibility index (Phi) is 13.8. The van der Waals surface area contributed by atoms with E-state index in [-0.39, 0.29) is 32.7 Å². The van der Waals surface area contributed by atoms with Crippen LogP contribution in [0.4, 0.5) is 0 Å². The molecule has 0 nitrogen and oxygen atoms in total. The molecule has 0 bridgehead atoms. The second kappa shape index (κ2) is 10.1. The van der Waals surface area contributed by atoms with E-state index in [1.165, 1.54) is 19.3 Å². The summed E-state index contributed by atoms with van der Waals surface area (Å²) in [6.45, 7) is 6.54. The van der Waals surface area contributed by atoms with Crippen LogP contribution < -0.4 is 0 Å². The average molecular weight is 215 g/mol. The van der Waals surface area contributed by atoms with Crippen LogP contribution in [0.1, 0.15) is 40.0 Å². The fourth-order valence-electron chi connectivity index (χ4n) is 1.10. The van der Waals surface area contributed by atoms with Crippen molar-refractivity contribution in [1.82, 2.24) is 0 Å². The Hall–Kier alpha value is 1.10. The molecule has 0 heterocycles. The van der Waals surface area contributed by atoms with Gasteiger partial charge in [-0.05, 0) is 0 Å². The molecule has 0 saturated carbocycles. The van der Waals surface area contributed by atoms with E-state index >= 15 is 0 Å². The van der Waals surface area contributed by atoms with Crippen LogP contribution in [-0.4, -0.2) is 0 Å². The third-order valence-electron chi connectivity index (χ3n) is 1.72. The topological polar surface area (TPSA) is 0 Å². The molecule has 1 heteroatoms. The van der Waals surface area contributed by atoms with Gasteiger partial charge in [0.05, 0.1) is 0 Å². The predicted octanol–water partition coefficient (Wildman–Crippen LogP) is 3.24. The molecule has 0 aromatic rings. The SMILES string of the molecule is C[CH-]CC(CC)C[CH-]C.[Y]. The first-order valence-electron chi connectivity index (χ1n) is 3.90. The summed E-state index contributed by atoms with van der Waals surface area (Å²) in [5, 5.41) is 0. The van der Waals surface area contributed by atoms with Crippen molar-refractivity contribution in [3.05, 3.63) is 12.8 Å². The van der Waals surface area contributed by atoms with Crippen molar-refractivity contribution in [2.24, 2.45) is 5.92 Å². The third kappa shape index (κ3) is 7.21.